The second-order valence-corrected chi connectivity index (χ2v) is 16.6. The number of hydrogen-bond donors (Lipinski definition) is 0. The van der Waals surface area contributed by atoms with Crippen molar-refractivity contribution in [3.05, 3.63) is 206 Å². The van der Waals surface area contributed by atoms with E-state index in [0.717, 1.165) is 65.2 Å². The Kier molecular flexibility index (Phi) is 6.94. The number of para-hydroxylation sites is 3. The number of thiophene rings is 1. The number of benzene rings is 9. The quantitative estimate of drug-likeness (QED) is 0.168. The normalized spacial score (nSPS) is 12.9. The molecule has 4 aromatic heterocycles. The Labute approximate surface area is 372 Å². The topological polar surface area (TPSA) is 56.7 Å². The van der Waals surface area contributed by atoms with E-state index in [4.69, 9.17) is 26.2 Å². The summed E-state index contributed by atoms with van der Waals surface area (Å²) in [5.41, 5.74) is 9.08. The minimum atomic E-state index is -0.501. The highest BCUT2D eigenvalue weighted by Crippen LogP contribution is 2.44. The second-order valence-electron chi connectivity index (χ2n) is 15.6. The van der Waals surface area contributed by atoms with Crippen LogP contribution in [0, 0.1) is 0 Å². The van der Waals surface area contributed by atoms with E-state index in [2.05, 4.69) is 108 Å². The summed E-state index contributed by atoms with van der Waals surface area (Å²) in [5, 5.41) is 6.31. The number of hydrogen-bond acceptors (Lipinski definition) is 5. The van der Waals surface area contributed by atoms with Crippen LogP contribution in [0.2, 0.25) is 0 Å². The van der Waals surface area contributed by atoms with Crippen LogP contribution in [0.5, 0.6) is 0 Å². The summed E-state index contributed by atoms with van der Waals surface area (Å²) >= 11 is 1.75. The fourth-order valence-corrected chi connectivity index (χ4v) is 10.4. The predicted octanol–water partition coefficient (Wildman–Crippen LogP) is 15.6. The summed E-state index contributed by atoms with van der Waals surface area (Å²) in [6, 6.07) is 57.6. The fraction of sp³-hybridized carbons (Fsp3) is 0. The van der Waals surface area contributed by atoms with Gasteiger partial charge in [-0.15, -0.1) is 11.3 Å². The first-order valence-electron chi connectivity index (χ1n) is 23.2. The molecule has 0 aliphatic carbocycles. The summed E-state index contributed by atoms with van der Waals surface area (Å²) < 4.78 is 55.5. The number of fused-ring (bicyclic) bond motifs is 9. The van der Waals surface area contributed by atoms with Crippen molar-refractivity contribution in [1.29, 1.82) is 0 Å². The molecule has 0 fully saturated rings. The van der Waals surface area contributed by atoms with Gasteiger partial charge in [0, 0.05) is 64.1 Å². The number of aromatic nitrogens is 4. The van der Waals surface area contributed by atoms with Crippen LogP contribution in [0.3, 0.4) is 0 Å². The minimum absolute atomic E-state index is 0.0597. The van der Waals surface area contributed by atoms with Crippen molar-refractivity contribution in [2.75, 3.05) is 0 Å². The van der Waals surface area contributed by atoms with E-state index >= 15 is 0 Å². The molecular weight excluding hydrogens is 789 g/mol. The zero-order chi connectivity index (χ0) is 45.8. The van der Waals surface area contributed by atoms with E-state index in [-0.39, 0.29) is 23.0 Å². The molecule has 0 bridgehead atoms. The van der Waals surface area contributed by atoms with Gasteiger partial charge in [0.1, 0.15) is 11.2 Å². The molecule has 0 saturated heterocycles. The Bertz CT molecular complexity index is 4150. The Balaban J connectivity index is 1.12. The molecule has 0 aliphatic rings. The molecule has 0 spiro atoms. The molecule has 0 atom stereocenters. The highest BCUT2D eigenvalue weighted by Gasteiger charge is 2.23. The average molecular weight is 828 g/mol. The first kappa shape index (κ1) is 30.8. The smallest absolute Gasteiger partial charge is 0.167 e. The molecular formula is C57H34N4OS. The molecule has 5 nitrogen and oxygen atoms in total. The third-order valence-electron chi connectivity index (χ3n) is 11.9. The Morgan fingerprint density at radius 1 is 0.413 bits per heavy atom. The van der Waals surface area contributed by atoms with Crippen molar-refractivity contribution in [3.63, 3.8) is 0 Å². The van der Waals surface area contributed by atoms with Gasteiger partial charge in [-0.1, -0.05) is 170 Å². The van der Waals surface area contributed by atoms with E-state index in [0.29, 0.717) is 22.3 Å². The lowest BCUT2D eigenvalue weighted by Crippen LogP contribution is -2.01. The molecule has 0 unspecified atom stereocenters. The van der Waals surface area contributed by atoms with Gasteiger partial charge in [-0.05, 0) is 53.1 Å². The molecule has 13 aromatic rings. The van der Waals surface area contributed by atoms with E-state index in [9.17, 15) is 0 Å². The zero-order valence-corrected chi connectivity index (χ0v) is 34.2. The largest absolute Gasteiger partial charge is 0.455 e. The van der Waals surface area contributed by atoms with Crippen molar-refractivity contribution in [1.82, 2.24) is 19.5 Å². The standard InChI is InChI=1S/C57H34N4OS/c1-3-16-35(17-4-1)40-25-14-27-45-47-33-39(61-49-29-10-7-22-42(49)43-23-8-11-30-50(43)61)34-48(53(47)62-52(40)45)57-59-55(36-18-5-2-6-19-36)58-56(60-57)38-21-13-20-37(32-38)41-26-15-28-46-44-24-9-12-31-51(44)63-54(41)46/h1-34H/i2D,5D,6D,18D,19D. The van der Waals surface area contributed by atoms with E-state index in [1.165, 1.54) is 15.5 Å². The van der Waals surface area contributed by atoms with Crippen molar-refractivity contribution < 1.29 is 11.3 Å². The number of furan rings is 1. The SMILES string of the molecule is [2H]c1c([2H])c([2H])c(-c2nc(-c3cccc(-c4cccc5c4sc4ccccc45)c3)nc(-c3cc(-n4c5ccccc5c5ccccc54)cc4c3oc3c(-c5ccccc5)cccc34)n2)c([2H])c1[2H]. The van der Waals surface area contributed by atoms with Crippen LogP contribution >= 0.6 is 11.3 Å². The van der Waals surface area contributed by atoms with Gasteiger partial charge in [-0.2, -0.15) is 0 Å². The van der Waals surface area contributed by atoms with Crippen LogP contribution in [0.15, 0.2) is 211 Å². The summed E-state index contributed by atoms with van der Waals surface area (Å²) in [7, 11) is 0. The van der Waals surface area contributed by atoms with Crippen LogP contribution < -0.4 is 0 Å². The van der Waals surface area contributed by atoms with Gasteiger partial charge in [-0.3, -0.25) is 0 Å². The van der Waals surface area contributed by atoms with Crippen LogP contribution in [-0.2, 0) is 0 Å². The molecule has 294 valence electrons. The molecule has 6 heteroatoms. The third kappa shape index (κ3) is 5.73. The zero-order valence-electron chi connectivity index (χ0n) is 38.3. The summed E-state index contributed by atoms with van der Waals surface area (Å²) in [6.45, 7) is 0. The van der Waals surface area contributed by atoms with Crippen LogP contribution in [0.4, 0.5) is 0 Å². The van der Waals surface area contributed by atoms with Gasteiger partial charge in [-0.25, -0.2) is 15.0 Å². The van der Waals surface area contributed by atoms with Crippen LogP contribution in [0.1, 0.15) is 6.85 Å². The number of nitrogens with zero attached hydrogens (tertiary/aromatic N) is 4. The van der Waals surface area contributed by atoms with E-state index in [1.807, 2.05) is 72.8 Å². The molecule has 0 radical (unpaired) electrons. The fourth-order valence-electron chi connectivity index (χ4n) is 9.13. The van der Waals surface area contributed by atoms with E-state index < -0.39 is 30.2 Å². The van der Waals surface area contributed by atoms with Crippen LogP contribution in [0.25, 0.3) is 126 Å². The van der Waals surface area contributed by atoms with Crippen LogP contribution in [-0.4, -0.2) is 19.5 Å². The highest BCUT2D eigenvalue weighted by atomic mass is 32.1. The van der Waals surface area contributed by atoms with Crippen molar-refractivity contribution in [3.8, 4) is 62.1 Å². The summed E-state index contributed by atoms with van der Waals surface area (Å²) in [4.78, 5) is 15.3. The summed E-state index contributed by atoms with van der Waals surface area (Å²) in [5.74, 6) is 0.413. The maximum absolute atomic E-state index is 9.09. The molecule has 0 saturated carbocycles. The Hall–Kier alpha value is -8.19. The van der Waals surface area contributed by atoms with Gasteiger partial charge in [0.05, 0.1) is 23.5 Å². The lowest BCUT2D eigenvalue weighted by atomic mass is 10.0. The molecule has 4 heterocycles. The molecule has 0 aliphatic heterocycles. The predicted molar refractivity (Wildman–Crippen MR) is 262 cm³/mol. The third-order valence-corrected chi connectivity index (χ3v) is 13.2. The Morgan fingerprint density at radius 2 is 1.00 bits per heavy atom. The van der Waals surface area contributed by atoms with Crippen molar-refractivity contribution in [2.24, 2.45) is 0 Å². The molecule has 0 amide bonds. The average Bonchev–Trinajstić information content (AvgIpc) is 4.07. The second kappa shape index (κ2) is 14.2. The summed E-state index contributed by atoms with van der Waals surface area (Å²) in [6.07, 6.45) is 0. The van der Waals surface area contributed by atoms with Gasteiger partial charge < -0.3 is 8.98 Å². The van der Waals surface area contributed by atoms with Gasteiger partial charge in [0.25, 0.3) is 0 Å². The monoisotopic (exact) mass is 827 g/mol. The van der Waals surface area contributed by atoms with E-state index in [1.54, 1.807) is 11.3 Å². The first-order chi connectivity index (χ1) is 33.3. The molecule has 63 heavy (non-hydrogen) atoms. The van der Waals surface area contributed by atoms with Gasteiger partial charge in [0.2, 0.25) is 0 Å². The lowest BCUT2D eigenvalue weighted by Gasteiger charge is -2.13. The maximum Gasteiger partial charge on any atom is 0.167 e. The minimum Gasteiger partial charge on any atom is -0.455 e. The highest BCUT2D eigenvalue weighted by molar-refractivity contribution is 7.26. The van der Waals surface area contributed by atoms with Crippen molar-refractivity contribution >= 4 is 75.3 Å². The van der Waals surface area contributed by atoms with Gasteiger partial charge >= 0.3 is 0 Å². The molecule has 9 aromatic carbocycles. The first-order valence-corrected chi connectivity index (χ1v) is 21.5. The van der Waals surface area contributed by atoms with Crippen molar-refractivity contribution in [2.45, 2.75) is 0 Å². The maximum atomic E-state index is 9.09. The number of rotatable bonds is 6. The lowest BCUT2D eigenvalue weighted by molar-refractivity contribution is 0.670. The Morgan fingerprint density at radius 3 is 1.79 bits per heavy atom. The molecule has 0 N–H and O–H groups in total. The molecule has 13 rings (SSSR count). The van der Waals surface area contributed by atoms with Gasteiger partial charge in [0.15, 0.2) is 17.5 Å².